The number of methoxy groups -OCH3 is 1. The molecular formula is C26H26ClN3O3S. The van der Waals surface area contributed by atoms with Crippen molar-refractivity contribution in [2.24, 2.45) is 4.99 Å². The molecule has 8 heteroatoms. The minimum atomic E-state index is -0.718. The average molecular weight is 496 g/mol. The Labute approximate surface area is 207 Å². The summed E-state index contributed by atoms with van der Waals surface area (Å²) < 4.78 is 7.11. The zero-order valence-electron chi connectivity index (χ0n) is 19.5. The highest BCUT2D eigenvalue weighted by atomic mass is 35.5. The van der Waals surface area contributed by atoms with Crippen molar-refractivity contribution < 1.29 is 9.53 Å². The van der Waals surface area contributed by atoms with Gasteiger partial charge in [-0.3, -0.25) is 9.36 Å². The fourth-order valence-electron chi connectivity index (χ4n) is 4.21. The van der Waals surface area contributed by atoms with Gasteiger partial charge < -0.3 is 9.64 Å². The molecule has 0 amide bonds. The van der Waals surface area contributed by atoms with Crippen LogP contribution in [0.5, 0.6) is 0 Å². The first kappa shape index (κ1) is 24.0. The predicted molar refractivity (Wildman–Crippen MR) is 137 cm³/mol. The largest absolute Gasteiger partial charge is 0.466 e. The van der Waals surface area contributed by atoms with E-state index in [0.29, 0.717) is 31.2 Å². The van der Waals surface area contributed by atoms with Crippen LogP contribution in [-0.4, -0.2) is 30.7 Å². The number of anilines is 1. The molecule has 0 bridgehead atoms. The number of allylic oxidation sites excluding steroid dienone is 1. The van der Waals surface area contributed by atoms with Crippen LogP contribution in [-0.2, 0) is 9.53 Å². The quantitative estimate of drug-likeness (QED) is 0.486. The second kappa shape index (κ2) is 9.99. The van der Waals surface area contributed by atoms with Crippen molar-refractivity contribution in [3.05, 3.63) is 95.6 Å². The zero-order valence-corrected chi connectivity index (χ0v) is 21.1. The van der Waals surface area contributed by atoms with E-state index in [0.717, 1.165) is 24.3 Å². The maximum Gasteiger partial charge on any atom is 0.338 e. The topological polar surface area (TPSA) is 63.9 Å². The molecule has 0 N–H and O–H groups in total. The van der Waals surface area contributed by atoms with E-state index in [1.54, 1.807) is 17.6 Å². The fourth-order valence-corrected chi connectivity index (χ4v) is 5.49. The number of hydrogen-bond donors (Lipinski definition) is 0. The lowest BCUT2D eigenvalue weighted by Gasteiger charge is -2.25. The van der Waals surface area contributed by atoms with Crippen LogP contribution in [0.2, 0.25) is 5.02 Å². The van der Waals surface area contributed by atoms with Gasteiger partial charge in [0.05, 0.1) is 22.9 Å². The van der Waals surface area contributed by atoms with Gasteiger partial charge in [0.2, 0.25) is 0 Å². The standard InChI is InChI=1S/C26H26ClN3O3S/c1-5-29(6-2)18-13-11-17(12-14-18)15-21-24(31)30-23(19-9-7-8-10-20(19)27)22(25(32)33-4)16(3)28-26(30)34-21/h7-15,23H,5-6H2,1-4H3/b21-15-/t23-/m0/s1. The monoisotopic (exact) mass is 495 g/mol. The molecule has 1 aliphatic heterocycles. The first-order valence-electron chi connectivity index (χ1n) is 11.1. The Bertz CT molecular complexity index is 1430. The number of aromatic nitrogens is 1. The molecule has 1 atom stereocenters. The third kappa shape index (κ3) is 4.33. The highest BCUT2D eigenvalue weighted by molar-refractivity contribution is 7.07. The van der Waals surface area contributed by atoms with Gasteiger partial charge in [0.25, 0.3) is 5.56 Å². The smallest absolute Gasteiger partial charge is 0.338 e. The summed E-state index contributed by atoms with van der Waals surface area (Å²) >= 11 is 7.80. The maximum atomic E-state index is 13.6. The molecule has 0 fully saturated rings. The van der Waals surface area contributed by atoms with Gasteiger partial charge in [0.15, 0.2) is 4.80 Å². The summed E-state index contributed by atoms with van der Waals surface area (Å²) in [6, 6.07) is 14.6. The minimum Gasteiger partial charge on any atom is -0.466 e. The van der Waals surface area contributed by atoms with Crippen molar-refractivity contribution in [3.63, 3.8) is 0 Å². The number of hydrogen-bond acceptors (Lipinski definition) is 6. The Kier molecular flexibility index (Phi) is 7.05. The Morgan fingerprint density at radius 2 is 1.85 bits per heavy atom. The normalized spacial score (nSPS) is 15.7. The summed E-state index contributed by atoms with van der Waals surface area (Å²) in [6.07, 6.45) is 1.86. The number of ether oxygens (including phenoxy) is 1. The van der Waals surface area contributed by atoms with Crippen LogP contribution in [0.1, 0.15) is 37.9 Å². The van der Waals surface area contributed by atoms with Crippen molar-refractivity contribution in [1.29, 1.82) is 0 Å². The molecule has 6 nitrogen and oxygen atoms in total. The van der Waals surface area contributed by atoms with Crippen LogP contribution in [0.4, 0.5) is 5.69 Å². The Morgan fingerprint density at radius 1 is 1.18 bits per heavy atom. The Balaban J connectivity index is 1.88. The van der Waals surface area contributed by atoms with Gasteiger partial charge in [0.1, 0.15) is 6.04 Å². The number of fused-ring (bicyclic) bond motifs is 1. The first-order chi connectivity index (χ1) is 16.4. The predicted octanol–water partition coefficient (Wildman–Crippen LogP) is 3.91. The SMILES string of the molecule is CCN(CC)c1ccc(/C=c2\sc3n(c2=O)[C@@H](c2ccccc2Cl)C(C(=O)OC)=C(C)N=3)cc1. The molecule has 3 aromatic rings. The van der Waals surface area contributed by atoms with Crippen LogP contribution in [0.15, 0.2) is 69.6 Å². The van der Waals surface area contributed by atoms with Crippen molar-refractivity contribution in [2.75, 3.05) is 25.1 Å². The molecule has 0 saturated carbocycles. The highest BCUT2D eigenvalue weighted by Crippen LogP contribution is 2.34. The number of carbonyl (C=O) groups excluding carboxylic acids is 1. The molecule has 2 heterocycles. The Hall–Kier alpha value is -3.16. The molecule has 1 aromatic heterocycles. The number of carbonyl (C=O) groups is 1. The van der Waals surface area contributed by atoms with Gasteiger partial charge in [0, 0.05) is 23.8 Å². The summed E-state index contributed by atoms with van der Waals surface area (Å²) in [5.74, 6) is -0.535. The molecule has 2 aromatic carbocycles. The fraction of sp³-hybridized carbons (Fsp3) is 0.269. The molecule has 0 unspecified atom stereocenters. The third-order valence-electron chi connectivity index (χ3n) is 5.95. The van der Waals surface area contributed by atoms with Crippen molar-refractivity contribution in [1.82, 2.24) is 4.57 Å². The molecule has 0 radical (unpaired) electrons. The van der Waals surface area contributed by atoms with E-state index in [1.165, 1.54) is 18.4 Å². The van der Waals surface area contributed by atoms with E-state index in [2.05, 4.69) is 35.9 Å². The maximum absolute atomic E-state index is 13.6. The number of halogens is 1. The lowest BCUT2D eigenvalue weighted by atomic mass is 9.96. The second-order valence-corrected chi connectivity index (χ2v) is 9.28. The molecular weight excluding hydrogens is 470 g/mol. The lowest BCUT2D eigenvalue weighted by molar-refractivity contribution is -0.136. The molecule has 1 aliphatic rings. The molecule has 0 saturated heterocycles. The van der Waals surface area contributed by atoms with E-state index >= 15 is 0 Å². The molecule has 34 heavy (non-hydrogen) atoms. The minimum absolute atomic E-state index is 0.226. The van der Waals surface area contributed by atoms with E-state index in [9.17, 15) is 9.59 Å². The molecule has 0 aliphatic carbocycles. The van der Waals surface area contributed by atoms with Crippen LogP contribution >= 0.6 is 22.9 Å². The summed E-state index contributed by atoms with van der Waals surface area (Å²) in [6.45, 7) is 7.85. The summed E-state index contributed by atoms with van der Waals surface area (Å²) in [7, 11) is 1.32. The van der Waals surface area contributed by atoms with Gasteiger partial charge in [-0.2, -0.15) is 0 Å². The number of nitrogens with zero attached hydrogens (tertiary/aromatic N) is 3. The van der Waals surface area contributed by atoms with Crippen molar-refractivity contribution >= 4 is 40.7 Å². The molecule has 4 rings (SSSR count). The molecule has 176 valence electrons. The highest BCUT2D eigenvalue weighted by Gasteiger charge is 2.34. The zero-order chi connectivity index (χ0) is 24.4. The summed E-state index contributed by atoms with van der Waals surface area (Å²) in [5, 5.41) is 0.463. The number of rotatable bonds is 6. The number of esters is 1. The van der Waals surface area contributed by atoms with Gasteiger partial charge in [-0.15, -0.1) is 0 Å². The average Bonchev–Trinajstić information content (AvgIpc) is 3.14. The van der Waals surface area contributed by atoms with Crippen molar-refractivity contribution in [3.8, 4) is 0 Å². The summed E-state index contributed by atoms with van der Waals surface area (Å²) in [4.78, 5) is 33.7. The van der Waals surface area contributed by atoms with Gasteiger partial charge in [-0.25, -0.2) is 9.79 Å². The van der Waals surface area contributed by atoms with E-state index in [4.69, 9.17) is 16.3 Å². The summed E-state index contributed by atoms with van der Waals surface area (Å²) in [5.41, 5.74) is 3.29. The van der Waals surface area contributed by atoms with Gasteiger partial charge >= 0.3 is 5.97 Å². The first-order valence-corrected chi connectivity index (χ1v) is 12.3. The van der Waals surface area contributed by atoms with Gasteiger partial charge in [-0.05, 0) is 56.2 Å². The Morgan fingerprint density at radius 3 is 2.47 bits per heavy atom. The van der Waals surface area contributed by atoms with E-state index in [1.807, 2.05) is 36.4 Å². The van der Waals surface area contributed by atoms with Crippen LogP contribution in [0.25, 0.3) is 6.08 Å². The van der Waals surface area contributed by atoms with E-state index in [-0.39, 0.29) is 5.56 Å². The van der Waals surface area contributed by atoms with Crippen molar-refractivity contribution in [2.45, 2.75) is 26.8 Å². The second-order valence-electron chi connectivity index (χ2n) is 7.86. The molecule has 0 spiro atoms. The van der Waals surface area contributed by atoms with E-state index < -0.39 is 12.0 Å². The number of benzene rings is 2. The number of thiazole rings is 1. The lowest BCUT2D eigenvalue weighted by Crippen LogP contribution is -2.39. The third-order valence-corrected chi connectivity index (χ3v) is 7.27. The van der Waals surface area contributed by atoms with Crippen LogP contribution < -0.4 is 19.8 Å². The van der Waals surface area contributed by atoms with Crippen LogP contribution in [0.3, 0.4) is 0 Å². The van der Waals surface area contributed by atoms with Crippen LogP contribution in [0, 0.1) is 0 Å². The van der Waals surface area contributed by atoms with Gasteiger partial charge in [-0.1, -0.05) is 53.3 Å².